The van der Waals surface area contributed by atoms with E-state index >= 15 is 0 Å². The lowest BCUT2D eigenvalue weighted by atomic mass is 10.3. The number of hydrogen-bond acceptors (Lipinski definition) is 5. The molecule has 0 unspecified atom stereocenters. The number of rotatable bonds is 5. The van der Waals surface area contributed by atoms with Crippen molar-refractivity contribution in [3.05, 3.63) is 12.0 Å². The molecule has 0 spiro atoms. The summed E-state index contributed by atoms with van der Waals surface area (Å²) in [7, 11) is 1.68. The molecule has 0 bridgehead atoms. The number of aromatic nitrogens is 4. The molecule has 0 aliphatic heterocycles. The van der Waals surface area contributed by atoms with Crippen LogP contribution in [0.5, 0.6) is 0 Å². The summed E-state index contributed by atoms with van der Waals surface area (Å²) in [5.74, 6) is 0.814. The molecule has 2 aromatic rings. The van der Waals surface area contributed by atoms with Gasteiger partial charge in [-0.05, 0) is 13.8 Å². The number of fused-ring (bicyclic) bond motifs is 1. The SMILES string of the molecule is CCn1nc(C)c2ncnc(NCCOC)c21. The van der Waals surface area contributed by atoms with E-state index in [2.05, 4.69) is 27.3 Å². The van der Waals surface area contributed by atoms with Gasteiger partial charge in [0.25, 0.3) is 0 Å². The average molecular weight is 235 g/mol. The molecule has 1 N–H and O–H groups in total. The van der Waals surface area contributed by atoms with Crippen LogP contribution in [0.4, 0.5) is 5.82 Å². The molecule has 0 aliphatic carbocycles. The Morgan fingerprint density at radius 1 is 1.41 bits per heavy atom. The van der Waals surface area contributed by atoms with E-state index in [-0.39, 0.29) is 0 Å². The molecule has 6 heteroatoms. The highest BCUT2D eigenvalue weighted by Gasteiger charge is 2.12. The largest absolute Gasteiger partial charge is 0.383 e. The zero-order valence-electron chi connectivity index (χ0n) is 10.4. The predicted octanol–water partition coefficient (Wildman–Crippen LogP) is 1.21. The number of ether oxygens (including phenoxy) is 1. The summed E-state index contributed by atoms with van der Waals surface area (Å²) in [5.41, 5.74) is 2.80. The molecule has 0 atom stereocenters. The Labute approximate surface area is 100 Å². The van der Waals surface area contributed by atoms with Crippen LogP contribution in [-0.2, 0) is 11.3 Å². The second-order valence-electron chi connectivity index (χ2n) is 3.74. The zero-order valence-corrected chi connectivity index (χ0v) is 10.4. The van der Waals surface area contributed by atoms with Crippen molar-refractivity contribution in [2.24, 2.45) is 0 Å². The maximum absolute atomic E-state index is 5.01. The summed E-state index contributed by atoms with van der Waals surface area (Å²) in [6.45, 7) is 6.18. The molecule has 0 amide bonds. The molecule has 2 heterocycles. The summed E-state index contributed by atoms with van der Waals surface area (Å²) >= 11 is 0. The van der Waals surface area contributed by atoms with Gasteiger partial charge in [0.1, 0.15) is 17.4 Å². The third kappa shape index (κ3) is 2.21. The zero-order chi connectivity index (χ0) is 12.3. The van der Waals surface area contributed by atoms with Crippen LogP contribution in [0, 0.1) is 6.92 Å². The first kappa shape index (κ1) is 11.8. The van der Waals surface area contributed by atoms with Crippen LogP contribution in [0.15, 0.2) is 6.33 Å². The van der Waals surface area contributed by atoms with E-state index in [9.17, 15) is 0 Å². The quantitative estimate of drug-likeness (QED) is 0.789. The molecular weight excluding hydrogens is 218 g/mol. The minimum Gasteiger partial charge on any atom is -0.383 e. The first-order valence-corrected chi connectivity index (χ1v) is 5.68. The minimum absolute atomic E-state index is 0.644. The fourth-order valence-electron chi connectivity index (χ4n) is 1.80. The molecule has 2 aromatic heterocycles. The first-order valence-electron chi connectivity index (χ1n) is 5.68. The van der Waals surface area contributed by atoms with Gasteiger partial charge in [0.15, 0.2) is 5.82 Å². The Morgan fingerprint density at radius 2 is 2.24 bits per heavy atom. The Bertz CT molecular complexity index is 508. The molecule has 92 valence electrons. The van der Waals surface area contributed by atoms with Gasteiger partial charge in [-0.15, -0.1) is 0 Å². The number of aryl methyl sites for hydroxylation is 2. The Balaban J connectivity index is 2.40. The monoisotopic (exact) mass is 235 g/mol. The number of methoxy groups -OCH3 is 1. The van der Waals surface area contributed by atoms with Gasteiger partial charge in [0.05, 0.1) is 12.3 Å². The molecular formula is C11H17N5O. The summed E-state index contributed by atoms with van der Waals surface area (Å²) in [4.78, 5) is 8.53. The highest BCUT2D eigenvalue weighted by Crippen LogP contribution is 2.21. The number of nitrogens with one attached hydrogen (secondary N) is 1. The van der Waals surface area contributed by atoms with Crippen LogP contribution < -0.4 is 5.32 Å². The Kier molecular flexibility index (Phi) is 3.53. The Morgan fingerprint density at radius 3 is 2.94 bits per heavy atom. The topological polar surface area (TPSA) is 64.9 Å². The molecule has 2 rings (SSSR count). The van der Waals surface area contributed by atoms with Crippen LogP contribution in [0.3, 0.4) is 0 Å². The van der Waals surface area contributed by atoms with Crippen LogP contribution in [0.2, 0.25) is 0 Å². The maximum atomic E-state index is 5.01. The summed E-state index contributed by atoms with van der Waals surface area (Å²) in [5, 5.41) is 7.68. The van der Waals surface area contributed by atoms with Crippen molar-refractivity contribution in [3.63, 3.8) is 0 Å². The third-order valence-electron chi connectivity index (χ3n) is 2.59. The van der Waals surface area contributed by atoms with Gasteiger partial charge in [-0.25, -0.2) is 9.97 Å². The molecule has 0 saturated carbocycles. The first-order chi connectivity index (χ1) is 8.27. The molecule has 0 radical (unpaired) electrons. The van der Waals surface area contributed by atoms with Crippen LogP contribution in [0.25, 0.3) is 11.0 Å². The summed E-state index contributed by atoms with van der Waals surface area (Å²) in [6, 6.07) is 0. The number of anilines is 1. The molecule has 17 heavy (non-hydrogen) atoms. The van der Waals surface area contributed by atoms with Gasteiger partial charge < -0.3 is 10.1 Å². The molecule has 0 saturated heterocycles. The van der Waals surface area contributed by atoms with Gasteiger partial charge in [0.2, 0.25) is 0 Å². The predicted molar refractivity (Wildman–Crippen MR) is 66.1 cm³/mol. The summed E-state index contributed by atoms with van der Waals surface area (Å²) < 4.78 is 6.93. The van der Waals surface area contributed by atoms with Crippen molar-refractivity contribution in [3.8, 4) is 0 Å². The van der Waals surface area contributed by atoms with Gasteiger partial charge >= 0.3 is 0 Å². The molecule has 0 aromatic carbocycles. The molecule has 6 nitrogen and oxygen atoms in total. The average Bonchev–Trinajstić information content (AvgIpc) is 2.68. The third-order valence-corrected chi connectivity index (χ3v) is 2.59. The standard InChI is InChI=1S/C11H17N5O/c1-4-16-10-9(8(2)15-16)13-7-14-11(10)12-5-6-17-3/h7H,4-6H2,1-3H3,(H,12,13,14). The van der Waals surface area contributed by atoms with Crippen molar-refractivity contribution >= 4 is 16.9 Å². The highest BCUT2D eigenvalue weighted by molar-refractivity contribution is 5.87. The van der Waals surface area contributed by atoms with Crippen molar-refractivity contribution in [1.29, 1.82) is 0 Å². The summed E-state index contributed by atoms with van der Waals surface area (Å²) in [6.07, 6.45) is 1.56. The second kappa shape index (κ2) is 5.09. The number of hydrogen-bond donors (Lipinski definition) is 1. The van der Waals surface area contributed by atoms with Gasteiger partial charge in [-0.1, -0.05) is 0 Å². The lowest BCUT2D eigenvalue weighted by Gasteiger charge is -2.07. The Hall–Kier alpha value is -1.69. The van der Waals surface area contributed by atoms with E-state index in [4.69, 9.17) is 4.74 Å². The van der Waals surface area contributed by atoms with E-state index in [0.29, 0.717) is 6.61 Å². The van der Waals surface area contributed by atoms with Gasteiger partial charge in [-0.2, -0.15) is 5.10 Å². The normalized spacial score (nSPS) is 11.0. The lowest BCUT2D eigenvalue weighted by molar-refractivity contribution is 0.210. The van der Waals surface area contributed by atoms with E-state index in [0.717, 1.165) is 35.6 Å². The fraction of sp³-hybridized carbons (Fsp3) is 0.545. The van der Waals surface area contributed by atoms with Crippen molar-refractivity contribution in [1.82, 2.24) is 19.7 Å². The molecule has 0 aliphatic rings. The van der Waals surface area contributed by atoms with Crippen LogP contribution >= 0.6 is 0 Å². The second-order valence-corrected chi connectivity index (χ2v) is 3.74. The van der Waals surface area contributed by atoms with E-state index in [1.165, 1.54) is 0 Å². The van der Waals surface area contributed by atoms with Crippen molar-refractivity contribution in [2.45, 2.75) is 20.4 Å². The van der Waals surface area contributed by atoms with Crippen molar-refractivity contribution in [2.75, 3.05) is 25.6 Å². The highest BCUT2D eigenvalue weighted by atomic mass is 16.5. The number of nitrogens with zero attached hydrogens (tertiary/aromatic N) is 4. The maximum Gasteiger partial charge on any atom is 0.155 e. The van der Waals surface area contributed by atoms with Crippen LogP contribution in [0.1, 0.15) is 12.6 Å². The van der Waals surface area contributed by atoms with E-state index < -0.39 is 0 Å². The van der Waals surface area contributed by atoms with E-state index in [1.807, 2.05) is 11.6 Å². The lowest BCUT2D eigenvalue weighted by Crippen LogP contribution is -2.10. The van der Waals surface area contributed by atoms with Gasteiger partial charge in [-0.3, -0.25) is 4.68 Å². The van der Waals surface area contributed by atoms with E-state index in [1.54, 1.807) is 13.4 Å². The smallest absolute Gasteiger partial charge is 0.155 e. The minimum atomic E-state index is 0.644. The van der Waals surface area contributed by atoms with Crippen molar-refractivity contribution < 1.29 is 4.74 Å². The van der Waals surface area contributed by atoms with Crippen LogP contribution in [-0.4, -0.2) is 40.0 Å². The fourth-order valence-corrected chi connectivity index (χ4v) is 1.80. The van der Waals surface area contributed by atoms with Gasteiger partial charge in [0, 0.05) is 20.2 Å². The molecule has 0 fully saturated rings.